The summed E-state index contributed by atoms with van der Waals surface area (Å²) in [5.74, 6) is 0. The van der Waals surface area contributed by atoms with E-state index in [1.807, 2.05) is 25.2 Å². The molecule has 0 aliphatic carbocycles. The molecule has 0 aromatic rings. The summed E-state index contributed by atoms with van der Waals surface area (Å²) in [6, 6.07) is 0. The van der Waals surface area contributed by atoms with Crippen LogP contribution in [-0.4, -0.2) is 13.2 Å². The quantitative estimate of drug-likeness (QED) is 0.458. The first-order valence-electron chi connectivity index (χ1n) is 4.37. The first-order chi connectivity index (χ1) is 5.81. The maximum absolute atomic E-state index is 5.79. The molecule has 0 aliphatic rings. The molecule has 0 bridgehead atoms. The van der Waals surface area contributed by atoms with Gasteiger partial charge in [0, 0.05) is 11.6 Å². The van der Waals surface area contributed by atoms with Crippen molar-refractivity contribution in [1.29, 1.82) is 0 Å². The van der Waals surface area contributed by atoms with Gasteiger partial charge in [0.1, 0.15) is 0 Å². The highest BCUT2D eigenvalue weighted by Crippen LogP contribution is 2.02. The monoisotopic (exact) mass is 188 g/mol. The number of unbranched alkanes of at least 4 members (excludes halogenated alkanes) is 1. The molecule has 0 rings (SSSR count). The van der Waals surface area contributed by atoms with Crippen molar-refractivity contribution >= 4 is 11.6 Å². The Bertz CT molecular complexity index is 150. The van der Waals surface area contributed by atoms with Gasteiger partial charge in [0.05, 0.1) is 6.61 Å². The van der Waals surface area contributed by atoms with Crippen LogP contribution in [0.3, 0.4) is 0 Å². The van der Waals surface area contributed by atoms with E-state index in [1.165, 1.54) is 6.42 Å². The van der Waals surface area contributed by atoms with E-state index in [0.29, 0.717) is 6.61 Å². The second-order valence-electron chi connectivity index (χ2n) is 2.52. The van der Waals surface area contributed by atoms with Crippen LogP contribution in [0.2, 0.25) is 0 Å². The number of rotatable bonds is 6. The zero-order valence-electron chi connectivity index (χ0n) is 7.85. The van der Waals surface area contributed by atoms with Crippen molar-refractivity contribution in [1.82, 2.24) is 0 Å². The SMILES string of the molecule is CC=CC(Cl)=CCOCCCC. The summed E-state index contributed by atoms with van der Waals surface area (Å²) in [6.07, 6.45) is 7.92. The molecule has 0 heterocycles. The third kappa shape index (κ3) is 7.83. The molecule has 0 fully saturated rings. The van der Waals surface area contributed by atoms with Gasteiger partial charge < -0.3 is 4.74 Å². The van der Waals surface area contributed by atoms with Crippen LogP contribution in [0.4, 0.5) is 0 Å². The summed E-state index contributed by atoms with van der Waals surface area (Å²) in [6.45, 7) is 5.52. The smallest absolute Gasteiger partial charge is 0.0664 e. The van der Waals surface area contributed by atoms with Crippen LogP contribution in [-0.2, 0) is 4.74 Å². The summed E-state index contributed by atoms with van der Waals surface area (Å²) >= 11 is 5.79. The van der Waals surface area contributed by atoms with Gasteiger partial charge in [0.15, 0.2) is 0 Å². The van der Waals surface area contributed by atoms with Gasteiger partial charge in [-0.3, -0.25) is 0 Å². The molecule has 0 N–H and O–H groups in total. The number of hydrogen-bond acceptors (Lipinski definition) is 1. The lowest BCUT2D eigenvalue weighted by Gasteiger charge is -1.97. The second-order valence-corrected chi connectivity index (χ2v) is 2.95. The van der Waals surface area contributed by atoms with E-state index in [2.05, 4.69) is 6.92 Å². The Hall–Kier alpha value is -0.270. The van der Waals surface area contributed by atoms with Gasteiger partial charge in [0.25, 0.3) is 0 Å². The molecule has 0 saturated carbocycles. The molecule has 70 valence electrons. The lowest BCUT2D eigenvalue weighted by Crippen LogP contribution is -1.93. The van der Waals surface area contributed by atoms with Crippen LogP contribution in [0.1, 0.15) is 26.7 Å². The Morgan fingerprint density at radius 3 is 2.83 bits per heavy atom. The van der Waals surface area contributed by atoms with Gasteiger partial charge in [-0.25, -0.2) is 0 Å². The molecular weight excluding hydrogens is 172 g/mol. The largest absolute Gasteiger partial charge is 0.377 e. The molecule has 0 aromatic heterocycles. The van der Waals surface area contributed by atoms with Crippen LogP contribution in [0.25, 0.3) is 0 Å². The van der Waals surface area contributed by atoms with E-state index in [0.717, 1.165) is 18.1 Å². The standard InChI is InChI=1S/C10H17ClO/c1-3-5-8-12-9-7-10(11)6-4-2/h4,6-7H,3,5,8-9H2,1-2H3. The van der Waals surface area contributed by atoms with Gasteiger partial charge in [-0.1, -0.05) is 31.0 Å². The summed E-state index contributed by atoms with van der Waals surface area (Å²) in [5, 5.41) is 0.744. The molecule has 0 spiro atoms. The summed E-state index contributed by atoms with van der Waals surface area (Å²) < 4.78 is 5.30. The van der Waals surface area contributed by atoms with Crippen molar-refractivity contribution in [3.05, 3.63) is 23.3 Å². The molecule has 12 heavy (non-hydrogen) atoms. The highest BCUT2D eigenvalue weighted by atomic mass is 35.5. The maximum atomic E-state index is 5.79. The van der Waals surface area contributed by atoms with Crippen molar-refractivity contribution in [3.63, 3.8) is 0 Å². The van der Waals surface area contributed by atoms with Crippen molar-refractivity contribution in [2.24, 2.45) is 0 Å². The average Bonchev–Trinajstić information content (AvgIpc) is 2.05. The molecule has 0 radical (unpaired) electrons. The predicted octanol–water partition coefficient (Wildman–Crippen LogP) is 3.50. The zero-order valence-corrected chi connectivity index (χ0v) is 8.60. The fourth-order valence-corrected chi connectivity index (χ4v) is 0.885. The topological polar surface area (TPSA) is 9.23 Å². The second kappa shape index (κ2) is 8.82. The Balaban J connectivity index is 3.33. The minimum absolute atomic E-state index is 0.614. The van der Waals surface area contributed by atoms with Gasteiger partial charge >= 0.3 is 0 Å². The Morgan fingerprint density at radius 1 is 1.50 bits per heavy atom. The van der Waals surface area contributed by atoms with E-state index in [-0.39, 0.29) is 0 Å². The van der Waals surface area contributed by atoms with Crippen LogP contribution in [0, 0.1) is 0 Å². The molecule has 0 aromatic carbocycles. The molecule has 0 amide bonds. The number of halogens is 1. The maximum Gasteiger partial charge on any atom is 0.0664 e. The first kappa shape index (κ1) is 11.7. The van der Waals surface area contributed by atoms with Crippen molar-refractivity contribution in [2.75, 3.05) is 13.2 Å². The van der Waals surface area contributed by atoms with E-state index in [9.17, 15) is 0 Å². The molecule has 0 saturated heterocycles. The lowest BCUT2D eigenvalue weighted by atomic mass is 10.4. The number of ether oxygens (including phenoxy) is 1. The fourth-order valence-electron chi connectivity index (χ4n) is 0.696. The average molecular weight is 189 g/mol. The van der Waals surface area contributed by atoms with Gasteiger partial charge in [-0.2, -0.15) is 0 Å². The molecule has 0 aliphatic heterocycles. The Labute approximate surface area is 80.1 Å². The Kier molecular flexibility index (Phi) is 8.62. The van der Waals surface area contributed by atoms with Gasteiger partial charge in [-0.15, -0.1) is 0 Å². The van der Waals surface area contributed by atoms with Crippen molar-refractivity contribution < 1.29 is 4.74 Å². The van der Waals surface area contributed by atoms with Crippen molar-refractivity contribution in [2.45, 2.75) is 26.7 Å². The predicted molar refractivity (Wildman–Crippen MR) is 54.5 cm³/mol. The van der Waals surface area contributed by atoms with E-state index in [4.69, 9.17) is 16.3 Å². The van der Waals surface area contributed by atoms with Crippen LogP contribution in [0.15, 0.2) is 23.3 Å². The number of hydrogen-bond donors (Lipinski definition) is 0. The zero-order chi connectivity index (χ0) is 9.23. The number of allylic oxidation sites excluding steroid dienone is 3. The van der Waals surface area contributed by atoms with Crippen molar-refractivity contribution in [3.8, 4) is 0 Å². The van der Waals surface area contributed by atoms with Crippen LogP contribution >= 0.6 is 11.6 Å². The molecular formula is C10H17ClO. The minimum atomic E-state index is 0.614. The Morgan fingerprint density at radius 2 is 2.25 bits per heavy atom. The lowest BCUT2D eigenvalue weighted by molar-refractivity contribution is 0.159. The summed E-state index contributed by atoms with van der Waals surface area (Å²) in [5.41, 5.74) is 0. The van der Waals surface area contributed by atoms with Gasteiger partial charge in [0.2, 0.25) is 0 Å². The highest BCUT2D eigenvalue weighted by molar-refractivity contribution is 6.31. The van der Waals surface area contributed by atoms with Crippen LogP contribution < -0.4 is 0 Å². The van der Waals surface area contributed by atoms with E-state index >= 15 is 0 Å². The fraction of sp³-hybridized carbons (Fsp3) is 0.600. The third-order valence-corrected chi connectivity index (χ3v) is 1.64. The highest BCUT2D eigenvalue weighted by Gasteiger charge is 1.85. The van der Waals surface area contributed by atoms with Crippen LogP contribution in [0.5, 0.6) is 0 Å². The summed E-state index contributed by atoms with van der Waals surface area (Å²) in [7, 11) is 0. The first-order valence-corrected chi connectivity index (χ1v) is 4.75. The molecule has 0 unspecified atom stereocenters. The third-order valence-electron chi connectivity index (χ3n) is 1.36. The molecule has 0 atom stereocenters. The van der Waals surface area contributed by atoms with E-state index in [1.54, 1.807) is 0 Å². The van der Waals surface area contributed by atoms with E-state index < -0.39 is 0 Å². The molecule has 1 nitrogen and oxygen atoms in total. The normalized spacial score (nSPS) is 12.8. The molecule has 2 heteroatoms. The summed E-state index contributed by atoms with van der Waals surface area (Å²) in [4.78, 5) is 0. The van der Waals surface area contributed by atoms with Gasteiger partial charge in [-0.05, 0) is 25.5 Å². The minimum Gasteiger partial charge on any atom is -0.377 e.